The minimum atomic E-state index is -0.0589. The van der Waals surface area contributed by atoms with Crippen molar-refractivity contribution in [1.29, 1.82) is 0 Å². The molecule has 0 radical (unpaired) electrons. The van der Waals surface area contributed by atoms with Crippen molar-refractivity contribution in [3.63, 3.8) is 0 Å². The lowest BCUT2D eigenvalue weighted by molar-refractivity contribution is -0.146. The summed E-state index contributed by atoms with van der Waals surface area (Å²) in [5, 5.41) is 4.33. The lowest BCUT2D eigenvalue weighted by Crippen LogP contribution is -2.49. The van der Waals surface area contributed by atoms with Gasteiger partial charge in [0.2, 0.25) is 11.8 Å². The molecule has 2 aromatic rings. The number of ether oxygens (including phenoxy) is 2. The summed E-state index contributed by atoms with van der Waals surface area (Å²) in [6.07, 6.45) is 11.1. The summed E-state index contributed by atoms with van der Waals surface area (Å²) >= 11 is 0. The molecular formula is C26H28N4O4. The standard InChI is InChI=1S/C26H28N4O4/c31-24-16-33-13-12-29(24)19-6-4-18(5-7-19)26(32)28-22-15-34-23-2-1-11-30(25(22)23)20-8-3-17-9-10-27-21(17)14-20/h1-3,8-11,14,18-19,27H,4-7,12-13,15-16H2,(H,28,32). The number of H-pyrrole nitrogens is 1. The molecule has 6 rings (SSSR count). The van der Waals surface area contributed by atoms with Crippen LogP contribution < -0.4 is 10.2 Å². The quantitative estimate of drug-likeness (QED) is 0.732. The summed E-state index contributed by atoms with van der Waals surface area (Å²) in [6.45, 7) is 1.77. The predicted octanol–water partition coefficient (Wildman–Crippen LogP) is 3.16. The van der Waals surface area contributed by atoms with E-state index in [0.717, 1.165) is 59.4 Å². The highest BCUT2D eigenvalue weighted by Crippen LogP contribution is 2.36. The van der Waals surface area contributed by atoms with E-state index in [2.05, 4.69) is 33.4 Å². The van der Waals surface area contributed by atoms with Gasteiger partial charge in [0.25, 0.3) is 0 Å². The molecule has 2 amide bonds. The van der Waals surface area contributed by atoms with Crippen molar-refractivity contribution in [2.24, 2.45) is 5.92 Å². The number of nitrogens with one attached hydrogen (secondary N) is 2. The van der Waals surface area contributed by atoms with Gasteiger partial charge < -0.3 is 29.6 Å². The smallest absolute Gasteiger partial charge is 0.248 e. The van der Waals surface area contributed by atoms with E-state index >= 15 is 0 Å². The highest BCUT2D eigenvalue weighted by atomic mass is 16.5. The summed E-state index contributed by atoms with van der Waals surface area (Å²) in [5.74, 6) is 0.806. The number of benzene rings is 1. The van der Waals surface area contributed by atoms with Gasteiger partial charge in [-0.1, -0.05) is 6.07 Å². The third kappa shape index (κ3) is 3.77. The largest absolute Gasteiger partial charge is 0.485 e. The first kappa shape index (κ1) is 21.0. The Bertz CT molecular complexity index is 1220. The highest BCUT2D eigenvalue weighted by molar-refractivity contribution is 5.85. The number of carbonyl (C=O) groups is 2. The molecule has 8 nitrogen and oxygen atoms in total. The molecule has 3 aliphatic heterocycles. The molecule has 1 aromatic carbocycles. The molecule has 176 valence electrons. The van der Waals surface area contributed by atoms with Crippen molar-refractivity contribution in [2.45, 2.75) is 31.7 Å². The molecule has 0 spiro atoms. The highest BCUT2D eigenvalue weighted by Gasteiger charge is 2.35. The third-order valence-electron chi connectivity index (χ3n) is 7.24. The molecular weight excluding hydrogens is 432 g/mol. The van der Waals surface area contributed by atoms with Gasteiger partial charge in [0.1, 0.15) is 24.7 Å². The molecule has 0 unspecified atom stereocenters. The van der Waals surface area contributed by atoms with Gasteiger partial charge in [-0.2, -0.15) is 0 Å². The molecule has 8 heteroatoms. The molecule has 34 heavy (non-hydrogen) atoms. The summed E-state index contributed by atoms with van der Waals surface area (Å²) in [7, 11) is 0. The Hall–Kier alpha value is -3.52. The normalized spacial score (nSPS) is 24.8. The third-order valence-corrected chi connectivity index (χ3v) is 7.24. The van der Waals surface area contributed by atoms with E-state index in [1.54, 1.807) is 0 Å². The minimum absolute atomic E-state index is 0.0356. The van der Waals surface area contributed by atoms with Gasteiger partial charge in [-0.3, -0.25) is 9.59 Å². The van der Waals surface area contributed by atoms with Crippen LogP contribution in [-0.4, -0.2) is 54.1 Å². The molecule has 1 saturated heterocycles. The van der Waals surface area contributed by atoms with Gasteiger partial charge in [0.15, 0.2) is 0 Å². The molecule has 1 saturated carbocycles. The fourth-order valence-electron chi connectivity index (χ4n) is 5.43. The van der Waals surface area contributed by atoms with E-state index in [1.807, 2.05) is 35.5 Å². The van der Waals surface area contributed by atoms with Gasteiger partial charge in [-0.25, -0.2) is 0 Å². The van der Waals surface area contributed by atoms with Crippen LogP contribution in [0.1, 0.15) is 25.7 Å². The van der Waals surface area contributed by atoms with E-state index in [4.69, 9.17) is 9.47 Å². The number of allylic oxidation sites excluding steroid dienone is 2. The molecule has 4 aliphatic rings. The summed E-state index contributed by atoms with van der Waals surface area (Å²) in [6, 6.07) is 8.52. The lowest BCUT2D eigenvalue weighted by atomic mass is 9.84. The molecule has 1 aliphatic carbocycles. The number of aromatic nitrogens is 1. The zero-order valence-electron chi connectivity index (χ0n) is 19.0. The average molecular weight is 461 g/mol. The van der Waals surface area contributed by atoms with Gasteiger partial charge in [0.05, 0.1) is 12.3 Å². The summed E-state index contributed by atoms with van der Waals surface area (Å²) in [5.41, 5.74) is 3.73. The van der Waals surface area contributed by atoms with Crippen molar-refractivity contribution < 1.29 is 19.1 Å². The van der Waals surface area contributed by atoms with Crippen molar-refractivity contribution in [3.8, 4) is 0 Å². The molecule has 1 aromatic heterocycles. The number of fused-ring (bicyclic) bond motifs is 2. The van der Waals surface area contributed by atoms with E-state index < -0.39 is 0 Å². The Labute approximate surface area is 197 Å². The Morgan fingerprint density at radius 3 is 2.85 bits per heavy atom. The molecule has 2 N–H and O–H groups in total. The van der Waals surface area contributed by atoms with Gasteiger partial charge in [0, 0.05) is 42.1 Å². The average Bonchev–Trinajstić information content (AvgIpc) is 3.51. The Balaban J connectivity index is 1.16. The van der Waals surface area contributed by atoms with Crippen molar-refractivity contribution in [2.75, 3.05) is 31.3 Å². The Morgan fingerprint density at radius 1 is 1.12 bits per heavy atom. The maximum Gasteiger partial charge on any atom is 0.248 e. The van der Waals surface area contributed by atoms with Crippen LogP contribution in [0.2, 0.25) is 0 Å². The molecule has 4 heterocycles. The van der Waals surface area contributed by atoms with Crippen LogP contribution in [0.25, 0.3) is 10.9 Å². The topological polar surface area (TPSA) is 86.9 Å². The number of anilines is 1. The van der Waals surface area contributed by atoms with Crippen LogP contribution in [0.4, 0.5) is 5.69 Å². The van der Waals surface area contributed by atoms with Crippen LogP contribution in [0, 0.1) is 5.92 Å². The zero-order valence-corrected chi connectivity index (χ0v) is 19.0. The lowest BCUT2D eigenvalue weighted by Gasteiger charge is -2.38. The number of amides is 2. The summed E-state index contributed by atoms with van der Waals surface area (Å²) in [4.78, 5) is 32.6. The first-order valence-corrected chi connectivity index (χ1v) is 12.0. The number of hydrogen-bond acceptors (Lipinski definition) is 5. The first-order valence-electron chi connectivity index (χ1n) is 12.0. The maximum absolute atomic E-state index is 13.2. The van der Waals surface area contributed by atoms with Crippen molar-refractivity contribution in [3.05, 3.63) is 66.0 Å². The number of hydrogen-bond donors (Lipinski definition) is 2. The molecule has 2 fully saturated rings. The fraction of sp³-hybridized carbons (Fsp3) is 0.385. The van der Waals surface area contributed by atoms with Gasteiger partial charge in [-0.05, 0) is 61.4 Å². The van der Waals surface area contributed by atoms with E-state index in [9.17, 15) is 9.59 Å². The second-order valence-electron chi connectivity index (χ2n) is 9.24. The second kappa shape index (κ2) is 8.68. The van der Waals surface area contributed by atoms with Crippen molar-refractivity contribution >= 4 is 28.4 Å². The monoisotopic (exact) mass is 460 g/mol. The number of carbonyl (C=O) groups excluding carboxylic acids is 2. The fourth-order valence-corrected chi connectivity index (χ4v) is 5.43. The van der Waals surface area contributed by atoms with Crippen LogP contribution in [0.15, 0.2) is 66.0 Å². The van der Waals surface area contributed by atoms with Gasteiger partial charge >= 0.3 is 0 Å². The number of nitrogens with zero attached hydrogens (tertiary/aromatic N) is 2. The van der Waals surface area contributed by atoms with E-state index in [-0.39, 0.29) is 30.4 Å². The van der Waals surface area contributed by atoms with Gasteiger partial charge in [-0.15, -0.1) is 0 Å². The molecule has 0 atom stereocenters. The number of rotatable bonds is 4. The Kier molecular flexibility index (Phi) is 5.37. The van der Waals surface area contributed by atoms with Crippen LogP contribution >= 0.6 is 0 Å². The zero-order chi connectivity index (χ0) is 23.1. The van der Waals surface area contributed by atoms with Crippen molar-refractivity contribution in [1.82, 2.24) is 15.2 Å². The second-order valence-corrected chi connectivity index (χ2v) is 9.24. The van der Waals surface area contributed by atoms with Crippen LogP contribution in [0.3, 0.4) is 0 Å². The predicted molar refractivity (Wildman–Crippen MR) is 127 cm³/mol. The van der Waals surface area contributed by atoms with Crippen LogP contribution in [0.5, 0.6) is 0 Å². The SMILES string of the molecule is O=C(NC1=C2C(=CC=CN2c2ccc3cc[nH]c3c2)OC1)C1CCC(N2CCOCC2=O)CC1. The minimum Gasteiger partial charge on any atom is -0.485 e. The Morgan fingerprint density at radius 2 is 2.00 bits per heavy atom. The number of morpholine rings is 1. The van der Waals surface area contributed by atoms with Crippen LogP contribution in [-0.2, 0) is 19.1 Å². The maximum atomic E-state index is 13.2. The summed E-state index contributed by atoms with van der Waals surface area (Å²) < 4.78 is 11.2. The van der Waals surface area contributed by atoms with E-state index in [1.165, 1.54) is 0 Å². The number of aromatic amines is 1. The first-order chi connectivity index (χ1) is 16.7. The van der Waals surface area contributed by atoms with E-state index in [0.29, 0.717) is 19.8 Å². The molecule has 0 bridgehead atoms.